The minimum Gasteiger partial charge on any atom is -0.508 e. The highest BCUT2D eigenvalue weighted by molar-refractivity contribution is 5.40. The zero-order valence-corrected chi connectivity index (χ0v) is 10.5. The summed E-state index contributed by atoms with van der Waals surface area (Å²) in [5.41, 5.74) is 2.77. The SMILES string of the molecule is CCC(C)c1cc(O)ccc1C(C)(C)C. The molecule has 1 heteroatoms. The first-order chi connectivity index (χ1) is 6.86. The van der Waals surface area contributed by atoms with Crippen molar-refractivity contribution in [3.8, 4) is 5.75 Å². The summed E-state index contributed by atoms with van der Waals surface area (Å²) in [5, 5.41) is 9.55. The van der Waals surface area contributed by atoms with Gasteiger partial charge in [-0.15, -0.1) is 0 Å². The summed E-state index contributed by atoms with van der Waals surface area (Å²) in [6.07, 6.45) is 1.10. The van der Waals surface area contributed by atoms with Gasteiger partial charge in [0.1, 0.15) is 5.75 Å². The number of phenols is 1. The number of phenolic OH excluding ortho intramolecular Hbond substituents is 1. The minimum atomic E-state index is 0.145. The highest BCUT2D eigenvalue weighted by Crippen LogP contribution is 2.33. The van der Waals surface area contributed by atoms with Gasteiger partial charge in [0.25, 0.3) is 0 Å². The summed E-state index contributed by atoms with van der Waals surface area (Å²) in [4.78, 5) is 0. The van der Waals surface area contributed by atoms with Gasteiger partial charge in [-0.3, -0.25) is 0 Å². The molecule has 1 aromatic rings. The van der Waals surface area contributed by atoms with Crippen molar-refractivity contribution in [2.45, 2.75) is 52.4 Å². The van der Waals surface area contributed by atoms with Crippen LogP contribution in [0, 0.1) is 0 Å². The molecule has 0 aliphatic carbocycles. The van der Waals surface area contributed by atoms with Gasteiger partial charge in [0.2, 0.25) is 0 Å². The Morgan fingerprint density at radius 1 is 1.27 bits per heavy atom. The van der Waals surface area contributed by atoms with Crippen LogP contribution >= 0.6 is 0 Å². The van der Waals surface area contributed by atoms with E-state index in [-0.39, 0.29) is 5.41 Å². The van der Waals surface area contributed by atoms with Crippen molar-refractivity contribution in [1.29, 1.82) is 0 Å². The van der Waals surface area contributed by atoms with E-state index in [0.29, 0.717) is 11.7 Å². The van der Waals surface area contributed by atoms with Gasteiger partial charge >= 0.3 is 0 Å². The molecule has 1 N–H and O–H groups in total. The van der Waals surface area contributed by atoms with Crippen molar-refractivity contribution in [2.24, 2.45) is 0 Å². The fourth-order valence-electron chi connectivity index (χ4n) is 1.86. The van der Waals surface area contributed by atoms with Crippen LogP contribution in [0.3, 0.4) is 0 Å². The zero-order chi connectivity index (χ0) is 11.6. The van der Waals surface area contributed by atoms with Crippen molar-refractivity contribution in [2.75, 3.05) is 0 Å². The average molecular weight is 206 g/mol. The Bertz CT molecular complexity index is 334. The fraction of sp³-hybridized carbons (Fsp3) is 0.571. The molecule has 1 rings (SSSR count). The van der Waals surface area contributed by atoms with Gasteiger partial charge in [0.05, 0.1) is 0 Å². The number of hydrogen-bond acceptors (Lipinski definition) is 1. The van der Waals surface area contributed by atoms with Gasteiger partial charge in [-0.05, 0) is 41.0 Å². The molecule has 0 aliphatic heterocycles. The monoisotopic (exact) mass is 206 g/mol. The third-order valence-electron chi connectivity index (χ3n) is 2.99. The Morgan fingerprint density at radius 2 is 1.87 bits per heavy atom. The molecule has 0 heterocycles. The summed E-state index contributed by atoms with van der Waals surface area (Å²) < 4.78 is 0. The predicted octanol–water partition coefficient (Wildman–Crippen LogP) is 4.20. The van der Waals surface area contributed by atoms with E-state index in [2.05, 4.69) is 40.7 Å². The largest absolute Gasteiger partial charge is 0.508 e. The van der Waals surface area contributed by atoms with Gasteiger partial charge < -0.3 is 5.11 Å². The molecule has 1 aromatic carbocycles. The molecule has 0 bridgehead atoms. The second-order valence-electron chi connectivity index (χ2n) is 5.33. The molecule has 0 saturated carbocycles. The Labute approximate surface area is 93.1 Å². The minimum absolute atomic E-state index is 0.145. The Hall–Kier alpha value is -0.980. The summed E-state index contributed by atoms with van der Waals surface area (Å²) in [5.74, 6) is 0.879. The standard InChI is InChI=1S/C14H22O/c1-6-10(2)12-9-11(15)7-8-13(12)14(3,4)5/h7-10,15H,6H2,1-5H3. The first kappa shape index (κ1) is 12.1. The van der Waals surface area contributed by atoms with Crippen molar-refractivity contribution in [1.82, 2.24) is 0 Å². The predicted molar refractivity (Wildman–Crippen MR) is 65.5 cm³/mol. The van der Waals surface area contributed by atoms with Crippen LogP contribution in [0.1, 0.15) is 58.1 Å². The third-order valence-corrected chi connectivity index (χ3v) is 2.99. The zero-order valence-electron chi connectivity index (χ0n) is 10.5. The lowest BCUT2D eigenvalue weighted by Gasteiger charge is -2.25. The molecule has 0 aromatic heterocycles. The Balaban J connectivity index is 3.27. The molecule has 0 radical (unpaired) electrons. The molecule has 15 heavy (non-hydrogen) atoms. The molecular weight excluding hydrogens is 184 g/mol. The molecule has 0 amide bonds. The van der Waals surface area contributed by atoms with E-state index in [4.69, 9.17) is 0 Å². The van der Waals surface area contributed by atoms with E-state index < -0.39 is 0 Å². The lowest BCUT2D eigenvalue weighted by atomic mass is 9.80. The quantitative estimate of drug-likeness (QED) is 0.768. The highest BCUT2D eigenvalue weighted by atomic mass is 16.3. The number of aromatic hydroxyl groups is 1. The van der Waals surface area contributed by atoms with Gasteiger partial charge in [0, 0.05) is 0 Å². The van der Waals surface area contributed by atoms with Crippen LogP contribution in [0.15, 0.2) is 18.2 Å². The van der Waals surface area contributed by atoms with E-state index in [0.717, 1.165) is 6.42 Å². The molecule has 1 nitrogen and oxygen atoms in total. The topological polar surface area (TPSA) is 20.2 Å². The first-order valence-corrected chi connectivity index (χ1v) is 5.69. The molecule has 0 aliphatic rings. The highest BCUT2D eigenvalue weighted by Gasteiger charge is 2.20. The maximum absolute atomic E-state index is 9.55. The first-order valence-electron chi connectivity index (χ1n) is 5.69. The van der Waals surface area contributed by atoms with E-state index in [1.54, 1.807) is 6.07 Å². The molecule has 0 spiro atoms. The van der Waals surface area contributed by atoms with Crippen molar-refractivity contribution >= 4 is 0 Å². The third kappa shape index (κ3) is 2.74. The van der Waals surface area contributed by atoms with Crippen LogP contribution in [-0.4, -0.2) is 5.11 Å². The van der Waals surface area contributed by atoms with Gasteiger partial charge in [-0.1, -0.05) is 40.7 Å². The second kappa shape index (κ2) is 4.26. The lowest BCUT2D eigenvalue weighted by molar-refractivity contribution is 0.471. The smallest absolute Gasteiger partial charge is 0.115 e. The van der Waals surface area contributed by atoms with Crippen LogP contribution in [0.4, 0.5) is 0 Å². The van der Waals surface area contributed by atoms with Gasteiger partial charge in [0.15, 0.2) is 0 Å². The fourth-order valence-corrected chi connectivity index (χ4v) is 1.86. The molecule has 1 unspecified atom stereocenters. The Kier molecular flexibility index (Phi) is 3.43. The van der Waals surface area contributed by atoms with Crippen molar-refractivity contribution in [3.63, 3.8) is 0 Å². The van der Waals surface area contributed by atoms with Crippen LogP contribution in [0.5, 0.6) is 5.75 Å². The number of hydrogen-bond donors (Lipinski definition) is 1. The molecule has 0 saturated heterocycles. The Morgan fingerprint density at radius 3 is 2.33 bits per heavy atom. The maximum Gasteiger partial charge on any atom is 0.115 e. The van der Waals surface area contributed by atoms with E-state index in [1.807, 2.05) is 6.07 Å². The normalized spacial score (nSPS) is 13.9. The van der Waals surface area contributed by atoms with Crippen LogP contribution in [-0.2, 0) is 5.41 Å². The maximum atomic E-state index is 9.55. The summed E-state index contributed by atoms with van der Waals surface area (Å²) >= 11 is 0. The van der Waals surface area contributed by atoms with E-state index >= 15 is 0 Å². The van der Waals surface area contributed by atoms with Crippen LogP contribution < -0.4 is 0 Å². The number of rotatable bonds is 2. The molecule has 0 fully saturated rings. The molecular formula is C14H22O. The summed E-state index contributed by atoms with van der Waals surface area (Å²) in [7, 11) is 0. The van der Waals surface area contributed by atoms with Crippen LogP contribution in [0.25, 0.3) is 0 Å². The van der Waals surface area contributed by atoms with Crippen molar-refractivity contribution in [3.05, 3.63) is 29.3 Å². The van der Waals surface area contributed by atoms with E-state index in [1.165, 1.54) is 11.1 Å². The summed E-state index contributed by atoms with van der Waals surface area (Å²) in [6.45, 7) is 11.0. The second-order valence-corrected chi connectivity index (χ2v) is 5.33. The lowest BCUT2D eigenvalue weighted by Crippen LogP contribution is -2.15. The van der Waals surface area contributed by atoms with E-state index in [9.17, 15) is 5.11 Å². The van der Waals surface area contributed by atoms with Crippen LogP contribution in [0.2, 0.25) is 0 Å². The average Bonchev–Trinajstić information content (AvgIpc) is 2.14. The molecule has 1 atom stereocenters. The number of benzene rings is 1. The van der Waals surface area contributed by atoms with Gasteiger partial charge in [-0.25, -0.2) is 0 Å². The van der Waals surface area contributed by atoms with Crippen molar-refractivity contribution < 1.29 is 5.11 Å². The molecule has 84 valence electrons. The van der Waals surface area contributed by atoms with Gasteiger partial charge in [-0.2, -0.15) is 0 Å². The summed E-state index contributed by atoms with van der Waals surface area (Å²) in [6, 6.07) is 5.75.